The summed E-state index contributed by atoms with van der Waals surface area (Å²) in [6.45, 7) is 0. The Kier molecular flexibility index (Phi) is 3.62. The second-order valence-corrected chi connectivity index (χ2v) is 5.57. The summed E-state index contributed by atoms with van der Waals surface area (Å²) in [5.74, 6) is -0.141. The van der Waals surface area contributed by atoms with Crippen LogP contribution in [0.1, 0.15) is 10.5 Å². The van der Waals surface area contributed by atoms with E-state index in [0.717, 1.165) is 21.4 Å². The Morgan fingerprint density at radius 1 is 1.33 bits per heavy atom. The van der Waals surface area contributed by atoms with E-state index in [1.807, 2.05) is 37.5 Å². The minimum Gasteiger partial charge on any atom is -0.345 e. The van der Waals surface area contributed by atoms with Crippen LogP contribution in [0.4, 0.5) is 5.69 Å². The van der Waals surface area contributed by atoms with Gasteiger partial charge in [0.1, 0.15) is 5.69 Å². The highest BCUT2D eigenvalue weighted by atomic mass is 79.9. The van der Waals surface area contributed by atoms with E-state index in [-0.39, 0.29) is 5.91 Å². The standard InChI is InChI=1S/C15H13BrN4O/c1-20-8-11(16)6-14(20)15(21)19-12-4-2-10(3-5-12)13-7-17-9-18-13/h2-9H,1H3,(H,17,18)(H,19,21). The van der Waals surface area contributed by atoms with Gasteiger partial charge in [0.2, 0.25) is 0 Å². The number of benzene rings is 1. The van der Waals surface area contributed by atoms with Gasteiger partial charge in [0, 0.05) is 23.4 Å². The van der Waals surface area contributed by atoms with Crippen molar-refractivity contribution in [3.8, 4) is 11.3 Å². The highest BCUT2D eigenvalue weighted by Crippen LogP contribution is 2.20. The maximum atomic E-state index is 12.2. The van der Waals surface area contributed by atoms with Crippen LogP contribution in [-0.2, 0) is 7.05 Å². The highest BCUT2D eigenvalue weighted by molar-refractivity contribution is 9.10. The number of carbonyl (C=O) groups excluding carboxylic acids is 1. The quantitative estimate of drug-likeness (QED) is 0.764. The number of aryl methyl sites for hydroxylation is 1. The summed E-state index contributed by atoms with van der Waals surface area (Å²) in [6, 6.07) is 9.39. The molecular weight excluding hydrogens is 332 g/mol. The van der Waals surface area contributed by atoms with Crippen molar-refractivity contribution in [2.24, 2.45) is 7.05 Å². The van der Waals surface area contributed by atoms with Gasteiger partial charge in [-0.15, -0.1) is 0 Å². The van der Waals surface area contributed by atoms with Gasteiger partial charge in [-0.25, -0.2) is 4.98 Å². The third-order valence-corrected chi connectivity index (χ3v) is 3.59. The Morgan fingerprint density at radius 3 is 2.67 bits per heavy atom. The van der Waals surface area contributed by atoms with Crippen molar-refractivity contribution in [3.05, 3.63) is 59.2 Å². The molecule has 0 saturated carbocycles. The summed E-state index contributed by atoms with van der Waals surface area (Å²) in [6.07, 6.45) is 5.24. The van der Waals surface area contributed by atoms with Gasteiger partial charge in [-0.3, -0.25) is 4.79 Å². The molecule has 0 aliphatic rings. The number of hydrogen-bond donors (Lipinski definition) is 2. The highest BCUT2D eigenvalue weighted by Gasteiger charge is 2.11. The summed E-state index contributed by atoms with van der Waals surface area (Å²) in [7, 11) is 1.83. The van der Waals surface area contributed by atoms with Crippen LogP contribution in [0.15, 0.2) is 53.5 Å². The molecule has 2 heterocycles. The van der Waals surface area contributed by atoms with Crippen molar-refractivity contribution in [2.75, 3.05) is 5.32 Å². The Bertz CT molecular complexity index is 760. The van der Waals surface area contributed by atoms with Gasteiger partial charge in [0.15, 0.2) is 0 Å². The normalized spacial score (nSPS) is 10.6. The average molecular weight is 345 g/mol. The first-order chi connectivity index (χ1) is 10.1. The molecular formula is C15H13BrN4O. The monoisotopic (exact) mass is 344 g/mol. The minimum atomic E-state index is -0.141. The first kappa shape index (κ1) is 13.6. The predicted molar refractivity (Wildman–Crippen MR) is 85.1 cm³/mol. The summed E-state index contributed by atoms with van der Waals surface area (Å²) in [5.41, 5.74) is 3.31. The summed E-state index contributed by atoms with van der Waals surface area (Å²) in [4.78, 5) is 19.2. The number of nitrogens with zero attached hydrogens (tertiary/aromatic N) is 2. The fourth-order valence-electron chi connectivity index (χ4n) is 2.09. The number of rotatable bonds is 3. The Morgan fingerprint density at radius 2 is 2.10 bits per heavy atom. The molecule has 106 valence electrons. The largest absolute Gasteiger partial charge is 0.345 e. The van der Waals surface area contributed by atoms with Crippen LogP contribution >= 0.6 is 15.9 Å². The summed E-state index contributed by atoms with van der Waals surface area (Å²) < 4.78 is 2.66. The zero-order chi connectivity index (χ0) is 14.8. The van der Waals surface area contributed by atoms with Gasteiger partial charge < -0.3 is 14.9 Å². The molecule has 0 aliphatic carbocycles. The second-order valence-electron chi connectivity index (χ2n) is 4.65. The Hall–Kier alpha value is -2.34. The van der Waals surface area contributed by atoms with Crippen LogP contribution in [0.5, 0.6) is 0 Å². The molecule has 3 rings (SSSR count). The van der Waals surface area contributed by atoms with Crippen molar-refractivity contribution in [1.29, 1.82) is 0 Å². The maximum absolute atomic E-state index is 12.2. The average Bonchev–Trinajstić information content (AvgIpc) is 3.09. The van der Waals surface area contributed by atoms with Crippen LogP contribution in [0.3, 0.4) is 0 Å². The molecule has 1 aromatic carbocycles. The predicted octanol–water partition coefficient (Wildman–Crippen LogP) is 3.43. The Labute approximate surface area is 130 Å². The number of aromatic nitrogens is 3. The van der Waals surface area contributed by atoms with E-state index in [9.17, 15) is 4.79 Å². The van der Waals surface area contributed by atoms with Gasteiger partial charge in [-0.2, -0.15) is 0 Å². The van der Waals surface area contributed by atoms with Gasteiger partial charge in [-0.1, -0.05) is 12.1 Å². The zero-order valence-corrected chi connectivity index (χ0v) is 12.9. The second kappa shape index (κ2) is 5.57. The fraction of sp³-hybridized carbons (Fsp3) is 0.0667. The molecule has 0 atom stereocenters. The molecule has 6 heteroatoms. The SMILES string of the molecule is Cn1cc(Br)cc1C(=O)Nc1ccc(-c2cnc[nH]2)cc1. The van der Waals surface area contributed by atoms with Gasteiger partial charge in [0.05, 0.1) is 18.2 Å². The van der Waals surface area contributed by atoms with Crippen LogP contribution in [-0.4, -0.2) is 20.4 Å². The van der Waals surface area contributed by atoms with Gasteiger partial charge in [0.25, 0.3) is 5.91 Å². The van der Waals surface area contributed by atoms with E-state index >= 15 is 0 Å². The van der Waals surface area contributed by atoms with Crippen LogP contribution in [0, 0.1) is 0 Å². The van der Waals surface area contributed by atoms with Crippen LogP contribution in [0.2, 0.25) is 0 Å². The van der Waals surface area contributed by atoms with Crippen molar-refractivity contribution in [1.82, 2.24) is 14.5 Å². The molecule has 0 saturated heterocycles. The maximum Gasteiger partial charge on any atom is 0.272 e. The number of H-pyrrole nitrogens is 1. The van der Waals surface area contributed by atoms with Crippen LogP contribution < -0.4 is 5.32 Å². The lowest BCUT2D eigenvalue weighted by Crippen LogP contribution is -2.15. The minimum absolute atomic E-state index is 0.141. The number of amides is 1. The topological polar surface area (TPSA) is 62.7 Å². The molecule has 1 amide bonds. The Balaban J connectivity index is 1.76. The van der Waals surface area contributed by atoms with E-state index in [0.29, 0.717) is 5.69 Å². The first-order valence-electron chi connectivity index (χ1n) is 6.35. The van der Waals surface area contributed by atoms with E-state index in [4.69, 9.17) is 0 Å². The van der Waals surface area contributed by atoms with E-state index < -0.39 is 0 Å². The number of halogens is 1. The number of anilines is 1. The third kappa shape index (κ3) is 2.90. The van der Waals surface area contributed by atoms with Crippen LogP contribution in [0.25, 0.3) is 11.3 Å². The van der Waals surface area contributed by atoms with E-state index in [1.54, 1.807) is 23.2 Å². The third-order valence-electron chi connectivity index (χ3n) is 3.16. The molecule has 0 aliphatic heterocycles. The molecule has 21 heavy (non-hydrogen) atoms. The molecule has 0 radical (unpaired) electrons. The van der Waals surface area contributed by atoms with Gasteiger partial charge >= 0.3 is 0 Å². The molecule has 3 aromatic rings. The lowest BCUT2D eigenvalue weighted by Gasteiger charge is -2.06. The summed E-state index contributed by atoms with van der Waals surface area (Å²) >= 11 is 3.36. The number of imidazole rings is 1. The zero-order valence-electron chi connectivity index (χ0n) is 11.3. The lowest BCUT2D eigenvalue weighted by molar-refractivity contribution is 0.101. The molecule has 0 unspecified atom stereocenters. The summed E-state index contributed by atoms with van der Waals surface area (Å²) in [5, 5.41) is 2.88. The molecule has 2 N–H and O–H groups in total. The van der Waals surface area contributed by atoms with E-state index in [1.165, 1.54) is 0 Å². The van der Waals surface area contributed by atoms with Gasteiger partial charge in [-0.05, 0) is 39.7 Å². The molecule has 0 fully saturated rings. The molecule has 5 nitrogen and oxygen atoms in total. The number of aromatic amines is 1. The van der Waals surface area contributed by atoms with Crippen molar-refractivity contribution in [2.45, 2.75) is 0 Å². The smallest absolute Gasteiger partial charge is 0.272 e. The van der Waals surface area contributed by atoms with Crippen molar-refractivity contribution < 1.29 is 4.79 Å². The first-order valence-corrected chi connectivity index (χ1v) is 7.15. The number of nitrogens with one attached hydrogen (secondary N) is 2. The number of carbonyl (C=O) groups is 1. The lowest BCUT2D eigenvalue weighted by atomic mass is 10.1. The molecule has 2 aromatic heterocycles. The fourth-order valence-corrected chi connectivity index (χ4v) is 2.62. The molecule has 0 bridgehead atoms. The molecule has 0 spiro atoms. The van der Waals surface area contributed by atoms with Crippen molar-refractivity contribution >= 4 is 27.5 Å². The number of hydrogen-bond acceptors (Lipinski definition) is 2. The van der Waals surface area contributed by atoms with E-state index in [2.05, 4.69) is 31.2 Å². The van der Waals surface area contributed by atoms with Crippen molar-refractivity contribution in [3.63, 3.8) is 0 Å².